The van der Waals surface area contributed by atoms with E-state index in [1.807, 2.05) is 43.9 Å². The molecule has 0 bridgehead atoms. The number of nitrogens with two attached hydrogens (primary N) is 1. The molecule has 0 aliphatic carbocycles. The zero-order valence-corrected chi connectivity index (χ0v) is 15.0. The molecule has 2 aromatic carbocycles. The predicted molar refractivity (Wildman–Crippen MR) is 105 cm³/mol. The third-order valence-corrected chi connectivity index (χ3v) is 4.47. The molecule has 3 aromatic rings. The fourth-order valence-corrected chi connectivity index (χ4v) is 2.94. The third-order valence-electron chi connectivity index (χ3n) is 4.47. The maximum absolute atomic E-state index is 11.3. The summed E-state index contributed by atoms with van der Waals surface area (Å²) in [6, 6.07) is 18.3. The average Bonchev–Trinajstić information content (AvgIpc) is 2.98. The van der Waals surface area contributed by atoms with Crippen LogP contribution in [0.25, 0.3) is 28.1 Å². The van der Waals surface area contributed by atoms with E-state index in [1.165, 1.54) is 11.5 Å². The Labute approximate surface area is 152 Å². The second kappa shape index (κ2) is 6.77. The molecule has 0 saturated carbocycles. The molecule has 1 aromatic heterocycles. The summed E-state index contributed by atoms with van der Waals surface area (Å²) in [6.07, 6.45) is 1.51. The van der Waals surface area contributed by atoms with Gasteiger partial charge in [0.15, 0.2) is 0 Å². The highest BCUT2D eigenvalue weighted by Crippen LogP contribution is 2.28. The number of hydrogen-bond donors (Lipinski definition) is 1. The molecular formula is C21H20N4O. The number of nitriles is 1. The second-order valence-corrected chi connectivity index (χ2v) is 6.38. The molecule has 0 radical (unpaired) electrons. The van der Waals surface area contributed by atoms with Gasteiger partial charge in [0.1, 0.15) is 11.6 Å². The van der Waals surface area contributed by atoms with Crippen LogP contribution < -0.4 is 10.6 Å². The Morgan fingerprint density at radius 2 is 1.81 bits per heavy atom. The largest absolute Gasteiger partial charge is 0.378 e. The molecule has 0 aliphatic heterocycles. The van der Waals surface area contributed by atoms with Crippen LogP contribution in [0, 0.1) is 11.3 Å². The van der Waals surface area contributed by atoms with E-state index in [2.05, 4.69) is 41.3 Å². The molecule has 1 heterocycles. The smallest absolute Gasteiger partial charge is 0.259 e. The third kappa shape index (κ3) is 3.17. The van der Waals surface area contributed by atoms with Gasteiger partial charge < -0.3 is 15.2 Å². The van der Waals surface area contributed by atoms with Crippen LogP contribution in [0.15, 0.2) is 54.1 Å². The van der Waals surface area contributed by atoms with Crippen LogP contribution in [0.1, 0.15) is 5.69 Å². The Morgan fingerprint density at radius 3 is 2.46 bits per heavy atom. The molecule has 2 N–H and O–H groups in total. The van der Waals surface area contributed by atoms with Crippen molar-refractivity contribution in [2.45, 2.75) is 0 Å². The number of aromatic nitrogens is 1. The van der Waals surface area contributed by atoms with E-state index in [1.54, 1.807) is 0 Å². The highest BCUT2D eigenvalue weighted by molar-refractivity contribution is 6.00. The van der Waals surface area contributed by atoms with E-state index < -0.39 is 5.91 Å². The van der Waals surface area contributed by atoms with Crippen LogP contribution >= 0.6 is 0 Å². The van der Waals surface area contributed by atoms with E-state index in [-0.39, 0.29) is 5.57 Å². The van der Waals surface area contributed by atoms with Crippen LogP contribution in [0.4, 0.5) is 5.69 Å². The molecule has 0 aliphatic rings. The van der Waals surface area contributed by atoms with Crippen LogP contribution in [-0.4, -0.2) is 24.6 Å². The normalized spacial score (nSPS) is 11.4. The summed E-state index contributed by atoms with van der Waals surface area (Å²) in [6.45, 7) is 0. The van der Waals surface area contributed by atoms with Gasteiger partial charge in [0.2, 0.25) is 0 Å². The predicted octanol–water partition coefficient (Wildman–Crippen LogP) is 3.30. The molecule has 5 heteroatoms. The SMILES string of the molecule is CN(C)c1ccc2cc(-c3ccc(C=C(C#N)C(N)=O)n3C)ccc2c1. The van der Waals surface area contributed by atoms with Crippen molar-refractivity contribution in [3.05, 3.63) is 59.8 Å². The van der Waals surface area contributed by atoms with Gasteiger partial charge in [0.25, 0.3) is 5.91 Å². The molecule has 130 valence electrons. The van der Waals surface area contributed by atoms with E-state index in [0.717, 1.165) is 28.0 Å². The number of primary amides is 1. The van der Waals surface area contributed by atoms with Crippen molar-refractivity contribution in [1.29, 1.82) is 5.26 Å². The molecule has 0 saturated heterocycles. The maximum Gasteiger partial charge on any atom is 0.259 e. The summed E-state index contributed by atoms with van der Waals surface area (Å²) in [5.74, 6) is -0.724. The number of hydrogen-bond acceptors (Lipinski definition) is 3. The molecule has 0 spiro atoms. The molecule has 0 fully saturated rings. The fraction of sp³-hybridized carbons (Fsp3) is 0.143. The Morgan fingerprint density at radius 1 is 1.12 bits per heavy atom. The van der Waals surface area contributed by atoms with Gasteiger partial charge in [-0.15, -0.1) is 0 Å². The quantitative estimate of drug-likeness (QED) is 0.583. The summed E-state index contributed by atoms with van der Waals surface area (Å²) in [5, 5.41) is 11.4. The maximum atomic E-state index is 11.3. The van der Waals surface area contributed by atoms with Crippen LogP contribution in [0.5, 0.6) is 0 Å². The topological polar surface area (TPSA) is 75.1 Å². The van der Waals surface area contributed by atoms with Crippen molar-refractivity contribution < 1.29 is 4.79 Å². The summed E-state index contributed by atoms with van der Waals surface area (Å²) < 4.78 is 1.94. The van der Waals surface area contributed by atoms with Crippen molar-refractivity contribution in [3.8, 4) is 17.3 Å². The molecule has 5 nitrogen and oxygen atoms in total. The molecule has 1 amide bonds. The zero-order valence-electron chi connectivity index (χ0n) is 15.0. The van der Waals surface area contributed by atoms with E-state index in [4.69, 9.17) is 11.0 Å². The first-order valence-corrected chi connectivity index (χ1v) is 8.19. The lowest BCUT2D eigenvalue weighted by Gasteiger charge is -2.13. The molecule has 0 unspecified atom stereocenters. The minimum absolute atomic E-state index is 0.0625. The number of carbonyl (C=O) groups excluding carboxylic acids is 1. The molecule has 3 rings (SSSR count). The average molecular weight is 344 g/mol. The van der Waals surface area contributed by atoms with Gasteiger partial charge in [-0.05, 0) is 52.7 Å². The zero-order chi connectivity index (χ0) is 18.8. The lowest BCUT2D eigenvalue weighted by molar-refractivity contribution is -0.114. The fourth-order valence-electron chi connectivity index (χ4n) is 2.94. The Hall–Kier alpha value is -3.52. The van der Waals surface area contributed by atoms with Gasteiger partial charge in [-0.25, -0.2) is 0 Å². The van der Waals surface area contributed by atoms with Crippen molar-refractivity contribution in [2.24, 2.45) is 12.8 Å². The minimum Gasteiger partial charge on any atom is -0.378 e. The number of anilines is 1. The van der Waals surface area contributed by atoms with Gasteiger partial charge in [-0.3, -0.25) is 4.79 Å². The van der Waals surface area contributed by atoms with Crippen molar-refractivity contribution in [1.82, 2.24) is 4.57 Å². The summed E-state index contributed by atoms with van der Waals surface area (Å²) in [5.41, 5.74) is 9.12. The van der Waals surface area contributed by atoms with Crippen molar-refractivity contribution in [3.63, 3.8) is 0 Å². The standard InChI is InChI=1S/C21H20N4O/c1-24(2)18-7-6-14-10-16(5-4-15(14)11-18)20-9-8-19(25(20)3)12-17(13-22)21(23)26/h4-12H,1-3H3,(H2,23,26). The number of rotatable bonds is 4. The summed E-state index contributed by atoms with van der Waals surface area (Å²) in [7, 11) is 5.95. The van der Waals surface area contributed by atoms with Gasteiger partial charge in [0.05, 0.1) is 0 Å². The van der Waals surface area contributed by atoms with Crippen molar-refractivity contribution >= 4 is 28.4 Å². The van der Waals surface area contributed by atoms with Gasteiger partial charge in [-0.1, -0.05) is 18.2 Å². The minimum atomic E-state index is -0.724. The van der Waals surface area contributed by atoms with Gasteiger partial charge >= 0.3 is 0 Å². The van der Waals surface area contributed by atoms with E-state index in [0.29, 0.717) is 0 Å². The summed E-state index contributed by atoms with van der Waals surface area (Å²) >= 11 is 0. The van der Waals surface area contributed by atoms with E-state index >= 15 is 0 Å². The monoisotopic (exact) mass is 344 g/mol. The highest BCUT2D eigenvalue weighted by Gasteiger charge is 2.10. The lowest BCUT2D eigenvalue weighted by atomic mass is 10.0. The Balaban J connectivity index is 2.04. The first kappa shape index (κ1) is 17.3. The first-order valence-electron chi connectivity index (χ1n) is 8.19. The van der Waals surface area contributed by atoms with E-state index in [9.17, 15) is 4.79 Å². The van der Waals surface area contributed by atoms with Gasteiger partial charge in [-0.2, -0.15) is 5.26 Å². The number of amides is 1. The number of fused-ring (bicyclic) bond motifs is 1. The molecule has 0 atom stereocenters. The number of benzene rings is 2. The summed E-state index contributed by atoms with van der Waals surface area (Å²) in [4.78, 5) is 13.3. The van der Waals surface area contributed by atoms with Gasteiger partial charge in [0, 0.05) is 38.2 Å². The van der Waals surface area contributed by atoms with Crippen LogP contribution in [0.2, 0.25) is 0 Å². The number of nitrogens with zero attached hydrogens (tertiary/aromatic N) is 3. The van der Waals surface area contributed by atoms with Crippen LogP contribution in [-0.2, 0) is 11.8 Å². The second-order valence-electron chi connectivity index (χ2n) is 6.38. The Bertz CT molecular complexity index is 1070. The molecular weight excluding hydrogens is 324 g/mol. The lowest BCUT2D eigenvalue weighted by Crippen LogP contribution is -2.12. The first-order chi connectivity index (χ1) is 12.4. The van der Waals surface area contributed by atoms with Crippen LogP contribution in [0.3, 0.4) is 0 Å². The molecule has 26 heavy (non-hydrogen) atoms. The number of carbonyl (C=O) groups is 1. The van der Waals surface area contributed by atoms with Crippen molar-refractivity contribution in [2.75, 3.05) is 19.0 Å². The Kier molecular flexibility index (Phi) is 4.51. The highest BCUT2D eigenvalue weighted by atomic mass is 16.1.